The lowest BCUT2D eigenvalue weighted by atomic mass is 10.0. The van der Waals surface area contributed by atoms with Crippen molar-refractivity contribution in [3.8, 4) is 5.75 Å². The smallest absolute Gasteiger partial charge is 0.335 e. The van der Waals surface area contributed by atoms with Crippen LogP contribution in [0.3, 0.4) is 0 Å². The third-order valence-corrected chi connectivity index (χ3v) is 3.90. The highest BCUT2D eigenvalue weighted by molar-refractivity contribution is 6.03. The van der Waals surface area contributed by atoms with Gasteiger partial charge in [0.05, 0.1) is 18.9 Å². The molecule has 0 saturated carbocycles. The molecule has 2 amide bonds. The summed E-state index contributed by atoms with van der Waals surface area (Å²) in [5.41, 5.74) is 8.33. The number of methoxy groups -OCH3 is 1. The number of carbonyl (C=O) groups excluding carboxylic acids is 1. The number of hydrogen-bond donors (Lipinski definition) is 1. The summed E-state index contributed by atoms with van der Waals surface area (Å²) in [6, 6.07) is 16.8. The molecule has 0 radical (unpaired) electrons. The van der Waals surface area contributed by atoms with E-state index in [1.165, 1.54) is 5.01 Å². The van der Waals surface area contributed by atoms with Gasteiger partial charge in [0.15, 0.2) is 0 Å². The SMILES string of the molecule is COc1ccc(C2=NN(C(N)=O)C(/C=C/c3ccccc3)C2)cc1. The molecule has 5 heteroatoms. The highest BCUT2D eigenvalue weighted by Gasteiger charge is 2.28. The molecule has 24 heavy (non-hydrogen) atoms. The second-order valence-electron chi connectivity index (χ2n) is 5.50. The molecule has 0 bridgehead atoms. The Morgan fingerprint density at radius 1 is 1.21 bits per heavy atom. The zero-order chi connectivity index (χ0) is 16.9. The summed E-state index contributed by atoms with van der Waals surface area (Å²) < 4.78 is 5.16. The third kappa shape index (κ3) is 3.46. The van der Waals surface area contributed by atoms with Gasteiger partial charge in [0.25, 0.3) is 0 Å². The van der Waals surface area contributed by atoms with E-state index in [0.29, 0.717) is 6.42 Å². The number of nitrogens with zero attached hydrogens (tertiary/aromatic N) is 2. The predicted molar refractivity (Wildman–Crippen MR) is 94.8 cm³/mol. The molecule has 1 aliphatic rings. The van der Waals surface area contributed by atoms with Crippen molar-refractivity contribution in [2.24, 2.45) is 10.8 Å². The Hall–Kier alpha value is -3.08. The van der Waals surface area contributed by atoms with Gasteiger partial charge in [-0.15, -0.1) is 0 Å². The molecule has 5 nitrogen and oxygen atoms in total. The number of rotatable bonds is 4. The Morgan fingerprint density at radius 2 is 1.92 bits per heavy atom. The van der Waals surface area contributed by atoms with Gasteiger partial charge in [-0.2, -0.15) is 5.10 Å². The first-order chi connectivity index (χ1) is 11.7. The molecule has 2 aromatic rings. The molecule has 0 saturated heterocycles. The van der Waals surface area contributed by atoms with E-state index in [0.717, 1.165) is 22.6 Å². The highest BCUT2D eigenvalue weighted by atomic mass is 16.5. The van der Waals surface area contributed by atoms with Crippen LogP contribution >= 0.6 is 0 Å². The van der Waals surface area contributed by atoms with Crippen molar-refractivity contribution in [1.82, 2.24) is 5.01 Å². The average Bonchev–Trinajstić information content (AvgIpc) is 3.05. The zero-order valence-corrected chi connectivity index (χ0v) is 13.4. The van der Waals surface area contributed by atoms with Gasteiger partial charge in [-0.3, -0.25) is 0 Å². The van der Waals surface area contributed by atoms with E-state index in [9.17, 15) is 4.79 Å². The number of ether oxygens (including phenoxy) is 1. The van der Waals surface area contributed by atoms with Crippen LogP contribution in [-0.2, 0) is 0 Å². The van der Waals surface area contributed by atoms with E-state index < -0.39 is 6.03 Å². The van der Waals surface area contributed by atoms with E-state index in [2.05, 4.69) is 5.10 Å². The number of hydrazone groups is 1. The number of primary amides is 1. The topological polar surface area (TPSA) is 67.9 Å². The van der Waals surface area contributed by atoms with Gasteiger partial charge < -0.3 is 10.5 Å². The standard InChI is InChI=1S/C19H19N3O2/c1-24-17-11-8-15(9-12-17)18-13-16(22(21-18)19(20)23)10-7-14-5-3-2-4-6-14/h2-12,16H,13H2,1H3,(H2,20,23)/b10-7+. The summed E-state index contributed by atoms with van der Waals surface area (Å²) in [6.07, 6.45) is 4.56. The van der Waals surface area contributed by atoms with Crippen LogP contribution in [-0.4, -0.2) is 29.9 Å². The van der Waals surface area contributed by atoms with Crippen molar-refractivity contribution in [3.05, 3.63) is 71.8 Å². The lowest BCUT2D eigenvalue weighted by Crippen LogP contribution is -2.35. The van der Waals surface area contributed by atoms with E-state index in [4.69, 9.17) is 10.5 Å². The average molecular weight is 321 g/mol. The molecule has 1 aliphatic heterocycles. The molecule has 0 spiro atoms. The second kappa shape index (κ2) is 7.00. The van der Waals surface area contributed by atoms with Gasteiger partial charge in [-0.25, -0.2) is 9.80 Å². The Balaban J connectivity index is 1.80. The van der Waals surface area contributed by atoms with Crippen LogP contribution in [0.5, 0.6) is 5.75 Å². The van der Waals surface area contributed by atoms with E-state index >= 15 is 0 Å². The van der Waals surface area contributed by atoms with E-state index in [1.807, 2.05) is 66.7 Å². The second-order valence-corrected chi connectivity index (χ2v) is 5.50. The van der Waals surface area contributed by atoms with Gasteiger partial charge in [-0.05, 0) is 35.4 Å². The minimum atomic E-state index is -0.554. The van der Waals surface area contributed by atoms with E-state index in [1.54, 1.807) is 7.11 Å². The zero-order valence-electron chi connectivity index (χ0n) is 13.4. The molecule has 1 atom stereocenters. The first-order valence-electron chi connectivity index (χ1n) is 7.71. The van der Waals surface area contributed by atoms with Gasteiger partial charge in [0, 0.05) is 6.42 Å². The van der Waals surface area contributed by atoms with Crippen LogP contribution in [0.4, 0.5) is 4.79 Å². The molecule has 3 rings (SSSR count). The molecule has 1 heterocycles. The van der Waals surface area contributed by atoms with Crippen molar-refractivity contribution in [1.29, 1.82) is 0 Å². The molecule has 0 aliphatic carbocycles. The van der Waals surface area contributed by atoms with E-state index in [-0.39, 0.29) is 6.04 Å². The van der Waals surface area contributed by atoms with Gasteiger partial charge in [0.1, 0.15) is 5.75 Å². The van der Waals surface area contributed by atoms with Crippen molar-refractivity contribution >= 4 is 17.8 Å². The summed E-state index contributed by atoms with van der Waals surface area (Å²) in [7, 11) is 1.63. The molecule has 122 valence electrons. The fraction of sp³-hybridized carbons (Fsp3) is 0.158. The molecule has 0 fully saturated rings. The number of amides is 2. The maximum absolute atomic E-state index is 11.7. The summed E-state index contributed by atoms with van der Waals surface area (Å²) in [4.78, 5) is 11.7. The fourth-order valence-electron chi connectivity index (χ4n) is 2.64. The fourth-order valence-corrected chi connectivity index (χ4v) is 2.64. The Bertz CT molecular complexity index is 767. The van der Waals surface area contributed by atoms with Gasteiger partial charge >= 0.3 is 6.03 Å². The molecule has 2 aromatic carbocycles. The van der Waals surface area contributed by atoms with Crippen LogP contribution < -0.4 is 10.5 Å². The first kappa shape index (κ1) is 15.8. The summed E-state index contributed by atoms with van der Waals surface area (Å²) in [6.45, 7) is 0. The number of urea groups is 1. The summed E-state index contributed by atoms with van der Waals surface area (Å²) in [5, 5.41) is 5.72. The van der Waals surface area contributed by atoms with Crippen LogP contribution in [0.2, 0.25) is 0 Å². The Morgan fingerprint density at radius 3 is 2.54 bits per heavy atom. The Labute approximate surface area is 141 Å². The lowest BCUT2D eigenvalue weighted by molar-refractivity contribution is 0.205. The van der Waals surface area contributed by atoms with Crippen LogP contribution in [0.25, 0.3) is 6.08 Å². The highest BCUT2D eigenvalue weighted by Crippen LogP contribution is 2.23. The molecular formula is C19H19N3O2. The third-order valence-electron chi connectivity index (χ3n) is 3.90. The Kier molecular flexibility index (Phi) is 4.61. The summed E-state index contributed by atoms with van der Waals surface area (Å²) >= 11 is 0. The molecular weight excluding hydrogens is 302 g/mol. The number of hydrogen-bond acceptors (Lipinski definition) is 3. The van der Waals surface area contributed by atoms with Crippen LogP contribution in [0.1, 0.15) is 17.5 Å². The number of nitrogens with two attached hydrogens (primary N) is 1. The predicted octanol–water partition coefficient (Wildman–Crippen LogP) is 3.27. The minimum absolute atomic E-state index is 0.181. The van der Waals surface area contributed by atoms with Crippen LogP contribution in [0, 0.1) is 0 Å². The summed E-state index contributed by atoms with van der Waals surface area (Å²) in [5.74, 6) is 0.782. The minimum Gasteiger partial charge on any atom is -0.497 e. The van der Waals surface area contributed by atoms with Gasteiger partial charge in [-0.1, -0.05) is 42.5 Å². The van der Waals surface area contributed by atoms with Gasteiger partial charge in [0.2, 0.25) is 0 Å². The number of carbonyl (C=O) groups is 1. The monoisotopic (exact) mass is 321 g/mol. The number of benzene rings is 2. The first-order valence-corrected chi connectivity index (χ1v) is 7.71. The molecule has 2 N–H and O–H groups in total. The quantitative estimate of drug-likeness (QED) is 0.939. The largest absolute Gasteiger partial charge is 0.497 e. The maximum Gasteiger partial charge on any atom is 0.335 e. The molecule has 1 unspecified atom stereocenters. The molecule has 0 aromatic heterocycles. The lowest BCUT2D eigenvalue weighted by Gasteiger charge is -2.15. The van der Waals surface area contributed by atoms with Crippen LogP contribution in [0.15, 0.2) is 65.8 Å². The maximum atomic E-state index is 11.7. The van der Waals surface area contributed by atoms with Crippen molar-refractivity contribution < 1.29 is 9.53 Å². The van der Waals surface area contributed by atoms with Crippen molar-refractivity contribution in [2.75, 3.05) is 7.11 Å². The van der Waals surface area contributed by atoms with Crippen molar-refractivity contribution in [2.45, 2.75) is 12.5 Å². The van der Waals surface area contributed by atoms with Crippen molar-refractivity contribution in [3.63, 3.8) is 0 Å². The normalized spacial score (nSPS) is 17.1.